The summed E-state index contributed by atoms with van der Waals surface area (Å²) >= 11 is 1.72. The topological polar surface area (TPSA) is 25.8 Å². The minimum Gasteiger partial charge on any atom is -0.233 e. The molecular formula is C24H19F3N2S. The first-order chi connectivity index (χ1) is 14.3. The Morgan fingerprint density at radius 1 is 0.867 bits per heavy atom. The quantitative estimate of drug-likeness (QED) is 0.323. The van der Waals surface area contributed by atoms with Crippen LogP contribution in [0.1, 0.15) is 22.5 Å². The van der Waals surface area contributed by atoms with Crippen LogP contribution in [0.4, 0.5) is 13.2 Å². The molecule has 0 aliphatic carbocycles. The summed E-state index contributed by atoms with van der Waals surface area (Å²) in [5, 5.41) is 0.826. The molecule has 0 unspecified atom stereocenters. The fraction of sp³-hybridized carbons (Fsp3) is 0.167. The molecule has 0 spiro atoms. The zero-order valence-electron chi connectivity index (χ0n) is 16.5. The van der Waals surface area contributed by atoms with Crippen molar-refractivity contribution in [1.29, 1.82) is 0 Å². The molecular weight excluding hydrogens is 405 g/mol. The van der Waals surface area contributed by atoms with E-state index in [4.69, 9.17) is 0 Å². The van der Waals surface area contributed by atoms with Gasteiger partial charge >= 0.3 is 6.18 Å². The normalized spacial score (nSPS) is 11.8. The van der Waals surface area contributed by atoms with Crippen LogP contribution in [0.25, 0.3) is 22.2 Å². The molecule has 0 N–H and O–H groups in total. The second-order valence-electron chi connectivity index (χ2n) is 7.10. The molecule has 0 atom stereocenters. The third kappa shape index (κ3) is 4.33. The van der Waals surface area contributed by atoms with Crippen molar-refractivity contribution in [1.82, 2.24) is 9.97 Å². The summed E-state index contributed by atoms with van der Waals surface area (Å²) in [6.07, 6.45) is -4.36. The Balaban J connectivity index is 1.71. The third-order valence-electron chi connectivity index (χ3n) is 4.84. The molecule has 2 nitrogen and oxygen atoms in total. The molecule has 0 aliphatic heterocycles. The Labute approximate surface area is 177 Å². The lowest BCUT2D eigenvalue weighted by Gasteiger charge is -2.13. The van der Waals surface area contributed by atoms with Crippen LogP contribution in [-0.4, -0.2) is 9.97 Å². The summed E-state index contributed by atoms with van der Waals surface area (Å²) < 4.78 is 39.1. The average Bonchev–Trinajstić information content (AvgIpc) is 2.71. The van der Waals surface area contributed by atoms with Crippen molar-refractivity contribution in [2.45, 2.75) is 30.7 Å². The fourth-order valence-corrected chi connectivity index (χ4v) is 4.25. The van der Waals surface area contributed by atoms with Crippen LogP contribution in [0.2, 0.25) is 0 Å². The smallest absolute Gasteiger partial charge is 0.233 e. The molecule has 6 heteroatoms. The molecule has 0 saturated carbocycles. The van der Waals surface area contributed by atoms with Crippen molar-refractivity contribution in [3.63, 3.8) is 0 Å². The second-order valence-corrected chi connectivity index (χ2v) is 8.15. The van der Waals surface area contributed by atoms with E-state index in [0.29, 0.717) is 22.6 Å². The lowest BCUT2D eigenvalue weighted by Crippen LogP contribution is -2.05. The molecule has 0 amide bonds. The van der Waals surface area contributed by atoms with Crippen molar-refractivity contribution in [2.75, 3.05) is 0 Å². The van der Waals surface area contributed by atoms with Crippen LogP contribution in [0.15, 0.2) is 71.6 Å². The van der Waals surface area contributed by atoms with Gasteiger partial charge in [-0.3, -0.25) is 0 Å². The summed E-state index contributed by atoms with van der Waals surface area (Å²) in [4.78, 5) is 10.2. The Hall–Kier alpha value is -2.86. The number of alkyl halides is 3. The fourth-order valence-electron chi connectivity index (χ4n) is 3.37. The number of halogens is 3. The Morgan fingerprint density at radius 3 is 2.33 bits per heavy atom. The number of rotatable bonds is 4. The van der Waals surface area contributed by atoms with Gasteiger partial charge in [-0.15, -0.1) is 11.8 Å². The monoisotopic (exact) mass is 424 g/mol. The van der Waals surface area contributed by atoms with Gasteiger partial charge in [0, 0.05) is 21.6 Å². The lowest BCUT2D eigenvalue weighted by atomic mass is 9.99. The van der Waals surface area contributed by atoms with Gasteiger partial charge in [0.25, 0.3) is 0 Å². The highest BCUT2D eigenvalue weighted by Gasteiger charge is 2.30. The molecule has 4 aromatic rings. The molecule has 4 rings (SSSR count). The van der Waals surface area contributed by atoms with E-state index in [1.165, 1.54) is 17.7 Å². The van der Waals surface area contributed by atoms with Gasteiger partial charge in [0.05, 0.1) is 16.8 Å². The van der Waals surface area contributed by atoms with Gasteiger partial charge in [0.1, 0.15) is 5.82 Å². The highest BCUT2D eigenvalue weighted by atomic mass is 32.2. The highest BCUT2D eigenvalue weighted by Crippen LogP contribution is 2.35. The third-order valence-corrected chi connectivity index (χ3v) is 5.90. The van der Waals surface area contributed by atoms with Crippen LogP contribution in [0.3, 0.4) is 0 Å². The first kappa shape index (κ1) is 20.4. The van der Waals surface area contributed by atoms with Gasteiger partial charge < -0.3 is 0 Å². The van der Waals surface area contributed by atoms with Gasteiger partial charge in [0.15, 0.2) is 0 Å². The molecule has 0 aliphatic rings. The van der Waals surface area contributed by atoms with E-state index in [0.717, 1.165) is 27.6 Å². The van der Waals surface area contributed by atoms with E-state index >= 15 is 0 Å². The van der Waals surface area contributed by atoms with E-state index in [2.05, 4.69) is 22.1 Å². The number of benzene rings is 3. The predicted molar refractivity (Wildman–Crippen MR) is 115 cm³/mol. The van der Waals surface area contributed by atoms with Crippen molar-refractivity contribution in [2.24, 2.45) is 0 Å². The summed E-state index contributed by atoms with van der Waals surface area (Å²) in [5.74, 6) is 1.43. The minimum absolute atomic E-state index is 0.534. The molecule has 0 bridgehead atoms. The van der Waals surface area contributed by atoms with Crippen LogP contribution < -0.4 is 0 Å². The molecule has 152 valence electrons. The SMILES string of the molecule is Cc1nc(-c2ccc(C(F)(F)F)cc2C)c2ccc(SCc3ccccc3)cc2n1. The molecule has 1 heterocycles. The zero-order chi connectivity index (χ0) is 21.3. The van der Waals surface area contributed by atoms with Gasteiger partial charge in [-0.05, 0) is 55.3 Å². The molecule has 1 aromatic heterocycles. The number of hydrogen-bond acceptors (Lipinski definition) is 3. The average molecular weight is 424 g/mol. The predicted octanol–water partition coefficient (Wildman–Crippen LogP) is 7.22. The summed E-state index contributed by atoms with van der Waals surface area (Å²) in [5.41, 5.74) is 3.24. The lowest BCUT2D eigenvalue weighted by molar-refractivity contribution is -0.137. The van der Waals surface area contributed by atoms with Crippen molar-refractivity contribution in [3.05, 3.63) is 89.2 Å². The van der Waals surface area contributed by atoms with Gasteiger partial charge in [-0.1, -0.05) is 36.4 Å². The number of thioether (sulfide) groups is 1. The second kappa shape index (κ2) is 8.11. The van der Waals surface area contributed by atoms with Crippen molar-refractivity contribution >= 4 is 22.7 Å². The maximum absolute atomic E-state index is 13.0. The molecule has 0 radical (unpaired) electrons. The minimum atomic E-state index is -4.36. The molecule has 0 fully saturated rings. The van der Waals surface area contributed by atoms with Crippen LogP contribution in [0.5, 0.6) is 0 Å². The van der Waals surface area contributed by atoms with Gasteiger partial charge in [-0.25, -0.2) is 9.97 Å². The van der Waals surface area contributed by atoms with E-state index in [1.54, 1.807) is 25.6 Å². The van der Waals surface area contributed by atoms with Gasteiger partial charge in [-0.2, -0.15) is 13.2 Å². The Bertz CT molecular complexity index is 1200. The van der Waals surface area contributed by atoms with E-state index in [-0.39, 0.29) is 0 Å². The zero-order valence-corrected chi connectivity index (χ0v) is 17.3. The van der Waals surface area contributed by atoms with E-state index < -0.39 is 11.7 Å². The summed E-state index contributed by atoms with van der Waals surface area (Å²) in [6, 6.07) is 20.0. The molecule has 30 heavy (non-hydrogen) atoms. The standard InChI is InChI=1S/C24H19F3N2S/c1-15-12-18(24(25,26)27)8-10-20(15)23-21-11-9-19(13-22(21)28-16(2)29-23)30-14-17-6-4-3-5-7-17/h3-13H,14H2,1-2H3. The molecule has 0 saturated heterocycles. The first-order valence-corrected chi connectivity index (χ1v) is 10.4. The Morgan fingerprint density at radius 2 is 1.63 bits per heavy atom. The number of fused-ring (bicyclic) bond motifs is 1. The van der Waals surface area contributed by atoms with E-state index in [9.17, 15) is 13.2 Å². The van der Waals surface area contributed by atoms with E-state index in [1.807, 2.05) is 36.4 Å². The number of nitrogens with zero attached hydrogens (tertiary/aromatic N) is 2. The van der Waals surface area contributed by atoms with Crippen LogP contribution >= 0.6 is 11.8 Å². The molecule has 3 aromatic carbocycles. The van der Waals surface area contributed by atoms with Crippen LogP contribution in [-0.2, 0) is 11.9 Å². The Kier molecular flexibility index (Phi) is 5.52. The van der Waals surface area contributed by atoms with Crippen molar-refractivity contribution in [3.8, 4) is 11.3 Å². The van der Waals surface area contributed by atoms with Gasteiger partial charge in [0.2, 0.25) is 0 Å². The highest BCUT2D eigenvalue weighted by molar-refractivity contribution is 7.98. The maximum Gasteiger partial charge on any atom is 0.416 e. The maximum atomic E-state index is 13.0. The van der Waals surface area contributed by atoms with Crippen molar-refractivity contribution < 1.29 is 13.2 Å². The van der Waals surface area contributed by atoms with Crippen LogP contribution in [0, 0.1) is 13.8 Å². The summed E-state index contributed by atoms with van der Waals surface area (Å²) in [6.45, 7) is 3.48. The largest absolute Gasteiger partial charge is 0.416 e. The number of aryl methyl sites for hydroxylation is 2. The first-order valence-electron chi connectivity index (χ1n) is 9.44. The number of aromatic nitrogens is 2. The summed E-state index contributed by atoms with van der Waals surface area (Å²) in [7, 11) is 0. The number of hydrogen-bond donors (Lipinski definition) is 0.